The van der Waals surface area contributed by atoms with Crippen molar-refractivity contribution in [1.82, 2.24) is 0 Å². The summed E-state index contributed by atoms with van der Waals surface area (Å²) < 4.78 is 27.7. The highest BCUT2D eigenvalue weighted by Crippen LogP contribution is 2.36. The van der Waals surface area contributed by atoms with Gasteiger partial charge in [-0.25, -0.2) is 8.42 Å². The Bertz CT molecular complexity index is 1540. The zero-order valence-corrected chi connectivity index (χ0v) is 17.6. The lowest BCUT2D eigenvalue weighted by Crippen LogP contribution is -2.10. The van der Waals surface area contributed by atoms with Crippen LogP contribution in [0.15, 0.2) is 101 Å². The lowest BCUT2D eigenvalue weighted by molar-refractivity contribution is 0.598. The van der Waals surface area contributed by atoms with E-state index in [4.69, 9.17) is 0 Å². The number of hydrogen-bond acceptors (Lipinski definition) is 3. The Morgan fingerprint density at radius 1 is 0.567 bits per heavy atom. The molecule has 0 atom stereocenters. The number of benzene rings is 5. The van der Waals surface area contributed by atoms with Crippen molar-refractivity contribution in [2.45, 2.75) is 9.79 Å². The number of anilines is 1. The third-order valence-corrected chi connectivity index (χ3v) is 7.50. The Labute approximate surface area is 176 Å². The molecule has 0 amide bonds. The molecular weight excluding hydrogens is 390 g/mol. The number of rotatable bonds is 3. The van der Waals surface area contributed by atoms with E-state index in [9.17, 15) is 8.42 Å². The summed E-state index contributed by atoms with van der Waals surface area (Å²) in [5, 5.41) is 5.46. The van der Waals surface area contributed by atoms with Crippen molar-refractivity contribution < 1.29 is 8.42 Å². The monoisotopic (exact) mass is 411 g/mol. The Morgan fingerprint density at radius 2 is 1.13 bits per heavy atom. The first-order valence-electron chi connectivity index (χ1n) is 9.82. The predicted molar refractivity (Wildman–Crippen MR) is 125 cm³/mol. The number of hydrogen-bond donors (Lipinski definition) is 0. The summed E-state index contributed by atoms with van der Waals surface area (Å²) in [5.41, 5.74) is 0.994. The van der Waals surface area contributed by atoms with Crippen molar-refractivity contribution >= 4 is 47.8 Å². The van der Waals surface area contributed by atoms with Gasteiger partial charge in [-0.2, -0.15) is 0 Å². The summed E-state index contributed by atoms with van der Waals surface area (Å²) in [4.78, 5) is 2.68. The molecule has 5 aromatic rings. The molecule has 5 aromatic carbocycles. The third-order valence-electron chi connectivity index (χ3n) is 5.63. The molecule has 3 nitrogen and oxygen atoms in total. The van der Waals surface area contributed by atoms with Crippen LogP contribution in [0.1, 0.15) is 0 Å². The van der Waals surface area contributed by atoms with Crippen LogP contribution in [-0.2, 0) is 9.84 Å². The molecule has 0 unspecified atom stereocenters. The van der Waals surface area contributed by atoms with E-state index in [1.165, 1.54) is 0 Å². The van der Waals surface area contributed by atoms with Gasteiger partial charge in [0.2, 0.25) is 9.84 Å². The summed E-state index contributed by atoms with van der Waals surface area (Å²) >= 11 is 0. The molecule has 0 saturated carbocycles. The standard InChI is InChI=1S/C26H21NO2S/c1-27(2)24-13-6-12-22-21(24)11-7-15-25(22)30(28,29)26-14-5-10-20-16-18-8-3-4-9-19(18)17-23(20)26/h3-17H,1-2H3. The predicted octanol–water partition coefficient (Wildman–Crippen LogP) is 6.05. The van der Waals surface area contributed by atoms with Gasteiger partial charge in [0, 0.05) is 35.9 Å². The van der Waals surface area contributed by atoms with Crippen LogP contribution < -0.4 is 4.90 Å². The molecule has 148 valence electrons. The smallest absolute Gasteiger partial charge is 0.207 e. The Hall–Kier alpha value is -3.37. The van der Waals surface area contributed by atoms with Gasteiger partial charge < -0.3 is 4.90 Å². The van der Waals surface area contributed by atoms with E-state index in [0.717, 1.165) is 38.0 Å². The van der Waals surface area contributed by atoms with Gasteiger partial charge in [0.15, 0.2) is 0 Å². The minimum Gasteiger partial charge on any atom is -0.377 e. The highest BCUT2D eigenvalue weighted by molar-refractivity contribution is 7.92. The van der Waals surface area contributed by atoms with Gasteiger partial charge in [-0.05, 0) is 46.5 Å². The summed E-state index contributed by atoms with van der Waals surface area (Å²) in [6.45, 7) is 0. The van der Waals surface area contributed by atoms with Crippen molar-refractivity contribution in [3.63, 3.8) is 0 Å². The highest BCUT2D eigenvalue weighted by atomic mass is 32.2. The zero-order valence-electron chi connectivity index (χ0n) is 16.8. The SMILES string of the molecule is CN(C)c1cccc2c(S(=O)(=O)c3cccc4cc5ccccc5cc34)cccc12. The maximum absolute atomic E-state index is 13.9. The fraction of sp³-hybridized carbons (Fsp3) is 0.0769. The lowest BCUT2D eigenvalue weighted by atomic mass is 10.0. The fourth-order valence-electron chi connectivity index (χ4n) is 4.18. The van der Waals surface area contributed by atoms with Crippen molar-refractivity contribution in [3.05, 3.63) is 91.0 Å². The topological polar surface area (TPSA) is 37.4 Å². The van der Waals surface area contributed by atoms with Crippen molar-refractivity contribution in [2.24, 2.45) is 0 Å². The van der Waals surface area contributed by atoms with Crippen LogP contribution in [0, 0.1) is 0 Å². The second kappa shape index (κ2) is 6.85. The Morgan fingerprint density at radius 3 is 1.87 bits per heavy atom. The molecule has 30 heavy (non-hydrogen) atoms. The minimum absolute atomic E-state index is 0.337. The van der Waals surface area contributed by atoms with E-state index in [1.54, 1.807) is 12.1 Å². The molecule has 0 aromatic heterocycles. The molecule has 5 rings (SSSR count). The van der Waals surface area contributed by atoms with E-state index >= 15 is 0 Å². The van der Waals surface area contributed by atoms with Crippen molar-refractivity contribution in [2.75, 3.05) is 19.0 Å². The first kappa shape index (κ1) is 18.6. The number of sulfone groups is 1. The second-order valence-electron chi connectivity index (χ2n) is 7.70. The molecule has 0 aliphatic carbocycles. The molecule has 0 aliphatic rings. The van der Waals surface area contributed by atoms with Gasteiger partial charge in [0.05, 0.1) is 9.79 Å². The maximum atomic E-state index is 13.9. The van der Waals surface area contributed by atoms with Gasteiger partial charge >= 0.3 is 0 Å². The molecule has 0 fully saturated rings. The van der Waals surface area contributed by atoms with Crippen LogP contribution >= 0.6 is 0 Å². The molecule has 0 N–H and O–H groups in total. The molecule has 4 heteroatoms. The number of fused-ring (bicyclic) bond motifs is 3. The molecule has 0 saturated heterocycles. The minimum atomic E-state index is -3.72. The van der Waals surface area contributed by atoms with Gasteiger partial charge in [-0.3, -0.25) is 0 Å². The lowest BCUT2D eigenvalue weighted by Gasteiger charge is -2.17. The summed E-state index contributed by atoms with van der Waals surface area (Å²) in [7, 11) is 0.206. The summed E-state index contributed by atoms with van der Waals surface area (Å²) in [6, 6.07) is 28.8. The molecule has 0 heterocycles. The first-order valence-corrected chi connectivity index (χ1v) is 11.3. The zero-order chi connectivity index (χ0) is 20.9. The van der Waals surface area contributed by atoms with E-state index in [-0.39, 0.29) is 0 Å². The van der Waals surface area contributed by atoms with E-state index in [1.807, 2.05) is 91.8 Å². The van der Waals surface area contributed by atoms with E-state index in [2.05, 4.69) is 6.07 Å². The first-order chi connectivity index (χ1) is 14.5. The van der Waals surface area contributed by atoms with Crippen LogP contribution in [0.5, 0.6) is 0 Å². The molecule has 0 spiro atoms. The molecule has 0 bridgehead atoms. The normalized spacial score (nSPS) is 11.9. The van der Waals surface area contributed by atoms with Crippen molar-refractivity contribution in [3.8, 4) is 0 Å². The van der Waals surface area contributed by atoms with E-state index < -0.39 is 9.84 Å². The molecule has 0 radical (unpaired) electrons. The highest BCUT2D eigenvalue weighted by Gasteiger charge is 2.23. The maximum Gasteiger partial charge on any atom is 0.207 e. The average molecular weight is 412 g/mol. The van der Waals surface area contributed by atoms with Crippen LogP contribution in [0.4, 0.5) is 5.69 Å². The van der Waals surface area contributed by atoms with Crippen LogP contribution in [0.2, 0.25) is 0 Å². The Balaban J connectivity index is 1.82. The van der Waals surface area contributed by atoms with Gasteiger partial charge in [0.1, 0.15) is 0 Å². The second-order valence-corrected chi connectivity index (χ2v) is 9.59. The van der Waals surface area contributed by atoms with Gasteiger partial charge in [0.25, 0.3) is 0 Å². The van der Waals surface area contributed by atoms with Crippen LogP contribution in [0.25, 0.3) is 32.3 Å². The summed E-state index contributed by atoms with van der Waals surface area (Å²) in [6.07, 6.45) is 0. The van der Waals surface area contributed by atoms with Crippen molar-refractivity contribution in [1.29, 1.82) is 0 Å². The Kier molecular flexibility index (Phi) is 4.26. The van der Waals surface area contributed by atoms with E-state index in [0.29, 0.717) is 9.79 Å². The number of nitrogens with zero attached hydrogens (tertiary/aromatic N) is 1. The molecular formula is C26H21NO2S. The van der Waals surface area contributed by atoms with Gasteiger partial charge in [-0.1, -0.05) is 60.7 Å². The van der Waals surface area contributed by atoms with Crippen LogP contribution in [-0.4, -0.2) is 22.5 Å². The fourth-order valence-corrected chi connectivity index (χ4v) is 5.87. The van der Waals surface area contributed by atoms with Gasteiger partial charge in [-0.15, -0.1) is 0 Å². The quantitative estimate of drug-likeness (QED) is 0.339. The molecule has 0 aliphatic heterocycles. The van der Waals surface area contributed by atoms with Crippen LogP contribution in [0.3, 0.4) is 0 Å². The third kappa shape index (κ3) is 2.84. The largest absolute Gasteiger partial charge is 0.377 e. The summed E-state index contributed by atoms with van der Waals surface area (Å²) in [5.74, 6) is 0. The average Bonchev–Trinajstić information content (AvgIpc) is 2.76.